The molecule has 16 heavy (non-hydrogen) atoms. The van der Waals surface area contributed by atoms with Crippen molar-refractivity contribution in [2.75, 3.05) is 34.4 Å². The lowest BCUT2D eigenvalue weighted by atomic mass is 10.2. The molecule has 0 saturated carbocycles. The van der Waals surface area contributed by atoms with E-state index in [-0.39, 0.29) is 0 Å². The van der Waals surface area contributed by atoms with Gasteiger partial charge in [0.15, 0.2) is 0 Å². The molecule has 0 aliphatic carbocycles. The number of pyridine rings is 1. The van der Waals surface area contributed by atoms with Crippen LogP contribution in [0.2, 0.25) is 0 Å². The second-order valence-corrected chi connectivity index (χ2v) is 3.94. The Morgan fingerprint density at radius 2 is 2.12 bits per heavy atom. The fourth-order valence-electron chi connectivity index (χ4n) is 1.68. The van der Waals surface area contributed by atoms with Gasteiger partial charge in [-0.15, -0.1) is 0 Å². The van der Waals surface area contributed by atoms with E-state index in [0.717, 1.165) is 19.7 Å². The van der Waals surface area contributed by atoms with E-state index in [1.807, 2.05) is 31.6 Å². The van der Waals surface area contributed by atoms with E-state index in [1.165, 1.54) is 5.56 Å². The largest absolute Gasteiger partial charge is 0.383 e. The summed E-state index contributed by atoms with van der Waals surface area (Å²) in [5.41, 5.74) is 1.27. The number of nitrogens with zero attached hydrogens (tertiary/aromatic N) is 2. The van der Waals surface area contributed by atoms with Gasteiger partial charge in [0.25, 0.3) is 0 Å². The Balaban J connectivity index is 2.51. The third-order valence-electron chi connectivity index (χ3n) is 2.60. The quantitative estimate of drug-likeness (QED) is 0.740. The highest BCUT2D eigenvalue weighted by Gasteiger charge is 2.13. The van der Waals surface area contributed by atoms with Gasteiger partial charge in [0.1, 0.15) is 0 Å². The smallest absolute Gasteiger partial charge is 0.0630 e. The van der Waals surface area contributed by atoms with Crippen molar-refractivity contribution in [3.05, 3.63) is 30.1 Å². The summed E-state index contributed by atoms with van der Waals surface area (Å²) in [5, 5.41) is 3.19. The lowest BCUT2D eigenvalue weighted by molar-refractivity contribution is 0.102. The fourth-order valence-corrected chi connectivity index (χ4v) is 1.68. The van der Waals surface area contributed by atoms with Crippen molar-refractivity contribution >= 4 is 0 Å². The van der Waals surface area contributed by atoms with Crippen LogP contribution in [0.3, 0.4) is 0 Å². The number of aromatic nitrogens is 1. The molecule has 1 atom stereocenters. The standard InChI is InChI=1S/C12H21N3O/c1-13-8-12(10-16-3)15(2)9-11-4-6-14-7-5-11/h4-7,12-13H,8-10H2,1-3H3. The molecule has 0 aliphatic rings. The molecule has 1 aromatic rings. The molecule has 0 fully saturated rings. The highest BCUT2D eigenvalue weighted by atomic mass is 16.5. The highest BCUT2D eigenvalue weighted by Crippen LogP contribution is 2.05. The molecule has 0 saturated heterocycles. The first-order chi connectivity index (χ1) is 7.77. The maximum atomic E-state index is 5.22. The van der Waals surface area contributed by atoms with Crippen LogP contribution in [0.5, 0.6) is 0 Å². The molecule has 4 heteroatoms. The molecule has 0 aliphatic heterocycles. The van der Waals surface area contributed by atoms with Gasteiger partial charge in [-0.3, -0.25) is 9.88 Å². The van der Waals surface area contributed by atoms with Crippen molar-refractivity contribution in [1.82, 2.24) is 15.2 Å². The van der Waals surface area contributed by atoms with Crippen molar-refractivity contribution in [2.45, 2.75) is 12.6 Å². The number of rotatable bonds is 7. The first-order valence-corrected chi connectivity index (χ1v) is 5.50. The third-order valence-corrected chi connectivity index (χ3v) is 2.60. The number of hydrogen-bond donors (Lipinski definition) is 1. The molecule has 0 amide bonds. The van der Waals surface area contributed by atoms with Gasteiger partial charge >= 0.3 is 0 Å². The van der Waals surface area contributed by atoms with Crippen molar-refractivity contribution in [3.8, 4) is 0 Å². The average molecular weight is 223 g/mol. The fraction of sp³-hybridized carbons (Fsp3) is 0.583. The second-order valence-electron chi connectivity index (χ2n) is 3.94. The zero-order valence-corrected chi connectivity index (χ0v) is 10.3. The third kappa shape index (κ3) is 4.26. The van der Waals surface area contributed by atoms with Crippen LogP contribution in [0.25, 0.3) is 0 Å². The minimum absolute atomic E-state index is 0.392. The molecule has 1 rings (SSSR count). The molecule has 4 nitrogen and oxygen atoms in total. The number of nitrogens with one attached hydrogen (secondary N) is 1. The van der Waals surface area contributed by atoms with E-state index in [4.69, 9.17) is 4.74 Å². The monoisotopic (exact) mass is 223 g/mol. The van der Waals surface area contributed by atoms with Gasteiger partial charge < -0.3 is 10.1 Å². The van der Waals surface area contributed by atoms with Crippen LogP contribution in [0.15, 0.2) is 24.5 Å². The molecule has 0 radical (unpaired) electrons. The van der Waals surface area contributed by atoms with Gasteiger partial charge in [-0.2, -0.15) is 0 Å². The van der Waals surface area contributed by atoms with Crippen molar-refractivity contribution < 1.29 is 4.74 Å². The highest BCUT2D eigenvalue weighted by molar-refractivity contribution is 5.09. The van der Waals surface area contributed by atoms with E-state index in [9.17, 15) is 0 Å². The van der Waals surface area contributed by atoms with Crippen LogP contribution in [-0.4, -0.2) is 50.3 Å². The molecule has 0 spiro atoms. The molecule has 1 aromatic heterocycles. The second kappa shape index (κ2) is 7.33. The van der Waals surface area contributed by atoms with Crippen LogP contribution in [-0.2, 0) is 11.3 Å². The minimum atomic E-state index is 0.392. The van der Waals surface area contributed by atoms with Crippen LogP contribution in [0.4, 0.5) is 0 Å². The summed E-state index contributed by atoms with van der Waals surface area (Å²) in [6, 6.07) is 4.47. The SMILES string of the molecule is CNCC(COC)N(C)Cc1ccncc1. The number of ether oxygens (including phenoxy) is 1. The summed E-state index contributed by atoms with van der Waals surface area (Å²) in [5.74, 6) is 0. The number of methoxy groups -OCH3 is 1. The van der Waals surface area contributed by atoms with Crippen LogP contribution >= 0.6 is 0 Å². The van der Waals surface area contributed by atoms with E-state index >= 15 is 0 Å². The summed E-state index contributed by atoms with van der Waals surface area (Å²) in [7, 11) is 5.81. The Morgan fingerprint density at radius 3 is 2.69 bits per heavy atom. The van der Waals surface area contributed by atoms with Crippen LogP contribution in [0, 0.1) is 0 Å². The van der Waals surface area contributed by atoms with Gasteiger partial charge in [0.2, 0.25) is 0 Å². The molecular weight excluding hydrogens is 202 g/mol. The van der Waals surface area contributed by atoms with E-state index in [2.05, 4.69) is 22.2 Å². The lowest BCUT2D eigenvalue weighted by Crippen LogP contribution is -2.41. The van der Waals surface area contributed by atoms with E-state index in [1.54, 1.807) is 7.11 Å². The Bertz CT molecular complexity index is 273. The predicted molar refractivity (Wildman–Crippen MR) is 65.3 cm³/mol. The summed E-state index contributed by atoms with van der Waals surface area (Å²) in [6.07, 6.45) is 3.65. The molecule has 1 heterocycles. The Morgan fingerprint density at radius 1 is 1.44 bits per heavy atom. The number of hydrogen-bond acceptors (Lipinski definition) is 4. The summed E-state index contributed by atoms with van der Waals surface area (Å²) < 4.78 is 5.22. The molecule has 0 bridgehead atoms. The van der Waals surface area contributed by atoms with Gasteiger partial charge in [0, 0.05) is 38.6 Å². The van der Waals surface area contributed by atoms with Crippen LogP contribution < -0.4 is 5.32 Å². The Kier molecular flexibility index (Phi) is 6.00. The molecule has 1 unspecified atom stereocenters. The Labute approximate surface area is 97.6 Å². The summed E-state index contributed by atoms with van der Waals surface area (Å²) in [4.78, 5) is 6.30. The first-order valence-electron chi connectivity index (χ1n) is 5.50. The topological polar surface area (TPSA) is 37.4 Å². The van der Waals surface area contributed by atoms with Gasteiger partial charge in [-0.1, -0.05) is 0 Å². The molecular formula is C12H21N3O. The summed E-state index contributed by atoms with van der Waals surface area (Å²) in [6.45, 7) is 2.58. The predicted octanol–water partition coefficient (Wildman–Crippen LogP) is 0.748. The first kappa shape index (κ1) is 13.1. The van der Waals surface area contributed by atoms with Crippen molar-refractivity contribution in [3.63, 3.8) is 0 Å². The molecule has 0 aromatic carbocycles. The maximum Gasteiger partial charge on any atom is 0.0630 e. The van der Waals surface area contributed by atoms with Gasteiger partial charge in [0.05, 0.1) is 6.61 Å². The Hall–Kier alpha value is -0.970. The minimum Gasteiger partial charge on any atom is -0.383 e. The van der Waals surface area contributed by atoms with Gasteiger partial charge in [-0.05, 0) is 31.8 Å². The van der Waals surface area contributed by atoms with Gasteiger partial charge in [-0.25, -0.2) is 0 Å². The normalized spacial score (nSPS) is 13.0. The average Bonchev–Trinajstić information content (AvgIpc) is 2.30. The zero-order chi connectivity index (χ0) is 11.8. The lowest BCUT2D eigenvalue weighted by Gasteiger charge is -2.27. The van der Waals surface area contributed by atoms with Crippen LogP contribution in [0.1, 0.15) is 5.56 Å². The number of likely N-dealkylation sites (N-methyl/N-ethyl adjacent to an activating group) is 2. The molecule has 1 N–H and O–H groups in total. The summed E-state index contributed by atoms with van der Waals surface area (Å²) >= 11 is 0. The maximum absolute atomic E-state index is 5.22. The zero-order valence-electron chi connectivity index (χ0n) is 10.3. The van der Waals surface area contributed by atoms with E-state index < -0.39 is 0 Å². The van der Waals surface area contributed by atoms with Crippen molar-refractivity contribution in [2.24, 2.45) is 0 Å². The van der Waals surface area contributed by atoms with Crippen molar-refractivity contribution in [1.29, 1.82) is 0 Å². The van der Waals surface area contributed by atoms with E-state index in [0.29, 0.717) is 6.04 Å². The molecule has 90 valence electrons.